The molecule has 4 heterocycles. The Morgan fingerprint density at radius 2 is 2.07 bits per heavy atom. The maximum Gasteiger partial charge on any atom is 0.350 e. The largest absolute Gasteiger partial charge is 0.462 e. The van der Waals surface area contributed by atoms with Gasteiger partial charge in [-0.2, -0.15) is 0 Å². The number of carbonyl (C=O) groups is 1. The number of thiophene rings is 1. The van der Waals surface area contributed by atoms with Crippen LogP contribution < -0.4 is 5.73 Å². The van der Waals surface area contributed by atoms with Crippen molar-refractivity contribution in [1.29, 1.82) is 0 Å². The van der Waals surface area contributed by atoms with Crippen LogP contribution in [-0.4, -0.2) is 26.9 Å². The molecule has 2 N–H and O–H groups in total. The molecule has 8 heteroatoms. The molecule has 0 spiro atoms. The van der Waals surface area contributed by atoms with Crippen LogP contribution in [0.5, 0.6) is 0 Å². The van der Waals surface area contributed by atoms with Gasteiger partial charge in [0.1, 0.15) is 9.71 Å². The van der Waals surface area contributed by atoms with Gasteiger partial charge in [-0.3, -0.25) is 4.40 Å². The summed E-state index contributed by atoms with van der Waals surface area (Å²) in [4.78, 5) is 24.5. The summed E-state index contributed by atoms with van der Waals surface area (Å²) in [7, 11) is 0. The van der Waals surface area contributed by atoms with E-state index < -0.39 is 0 Å². The number of pyridine rings is 1. The first-order valence-corrected chi connectivity index (χ1v) is 11.5. The van der Waals surface area contributed by atoms with Crippen molar-refractivity contribution in [2.75, 3.05) is 12.3 Å². The number of hydrogen-bond acceptors (Lipinski definition) is 7. The number of nitrogens with zero attached hydrogens (tertiary/aromatic N) is 3. The van der Waals surface area contributed by atoms with Gasteiger partial charge in [-0.15, -0.1) is 22.7 Å². The quantitative estimate of drug-likeness (QED) is 0.470. The maximum absolute atomic E-state index is 12.5. The van der Waals surface area contributed by atoms with Crippen molar-refractivity contribution in [3.63, 3.8) is 0 Å². The molecule has 1 aliphatic rings. The standard InChI is InChI=1S/C21H22N4O2S2/c1-4-27-20(26)18-16(22)15-14(12-7-5-6-8-13(12)24-19(15)29-18)17-11(3)23-21-25(17)10(2)9-28-21/h9H,4-8,22H2,1-3H3. The maximum atomic E-state index is 12.5. The smallest absolute Gasteiger partial charge is 0.350 e. The Hall–Kier alpha value is -2.45. The Balaban J connectivity index is 1.91. The second-order valence-corrected chi connectivity index (χ2v) is 9.24. The highest BCUT2D eigenvalue weighted by Gasteiger charge is 2.29. The molecule has 0 radical (unpaired) electrons. The average molecular weight is 427 g/mol. The van der Waals surface area contributed by atoms with Crippen molar-refractivity contribution < 1.29 is 9.53 Å². The molecule has 150 valence electrons. The van der Waals surface area contributed by atoms with Crippen LogP contribution in [0.2, 0.25) is 0 Å². The molecule has 0 atom stereocenters. The molecule has 0 aliphatic heterocycles. The van der Waals surface area contributed by atoms with Crippen LogP contribution in [-0.2, 0) is 17.6 Å². The van der Waals surface area contributed by atoms with Gasteiger partial charge in [-0.1, -0.05) is 0 Å². The molecule has 0 saturated heterocycles. The fraction of sp³-hybridized carbons (Fsp3) is 0.381. The highest BCUT2D eigenvalue weighted by molar-refractivity contribution is 7.21. The van der Waals surface area contributed by atoms with Crippen molar-refractivity contribution in [3.8, 4) is 11.3 Å². The van der Waals surface area contributed by atoms with E-state index in [9.17, 15) is 4.79 Å². The number of rotatable bonds is 3. The van der Waals surface area contributed by atoms with Gasteiger partial charge in [0.2, 0.25) is 0 Å². The lowest BCUT2D eigenvalue weighted by atomic mass is 9.88. The number of imidazole rings is 1. The van der Waals surface area contributed by atoms with Gasteiger partial charge >= 0.3 is 5.97 Å². The van der Waals surface area contributed by atoms with Crippen LogP contribution in [0, 0.1) is 13.8 Å². The van der Waals surface area contributed by atoms with Gasteiger partial charge in [0, 0.05) is 27.7 Å². The summed E-state index contributed by atoms with van der Waals surface area (Å²) < 4.78 is 7.46. The van der Waals surface area contributed by atoms with Crippen molar-refractivity contribution >= 4 is 49.5 Å². The predicted molar refractivity (Wildman–Crippen MR) is 118 cm³/mol. The molecule has 5 rings (SSSR count). The number of nitrogen functional groups attached to an aromatic ring is 1. The van der Waals surface area contributed by atoms with Crippen LogP contribution >= 0.6 is 22.7 Å². The number of carbonyl (C=O) groups excluding carboxylic acids is 1. The molecule has 29 heavy (non-hydrogen) atoms. The number of aryl methyl sites for hydroxylation is 3. The third kappa shape index (κ3) is 2.69. The normalized spacial score (nSPS) is 13.9. The molecule has 1 aliphatic carbocycles. The fourth-order valence-corrected chi connectivity index (χ4v) is 6.24. The SMILES string of the molecule is CCOC(=O)c1sc2nc3c(c(-c4c(C)nc5scc(C)n45)c2c1N)CCCC3. The van der Waals surface area contributed by atoms with Gasteiger partial charge in [-0.25, -0.2) is 14.8 Å². The molecule has 0 bridgehead atoms. The van der Waals surface area contributed by atoms with Gasteiger partial charge in [0.05, 0.1) is 23.7 Å². The lowest BCUT2D eigenvalue weighted by Crippen LogP contribution is -2.09. The molecule has 0 fully saturated rings. The van der Waals surface area contributed by atoms with Gasteiger partial charge < -0.3 is 10.5 Å². The molecule has 0 saturated carbocycles. The summed E-state index contributed by atoms with van der Waals surface area (Å²) >= 11 is 2.98. The average Bonchev–Trinajstić information content (AvgIpc) is 3.33. The van der Waals surface area contributed by atoms with E-state index in [1.54, 1.807) is 18.3 Å². The Morgan fingerprint density at radius 3 is 2.86 bits per heavy atom. The lowest BCUT2D eigenvalue weighted by Gasteiger charge is -2.20. The van der Waals surface area contributed by atoms with E-state index in [-0.39, 0.29) is 5.97 Å². The van der Waals surface area contributed by atoms with Crippen molar-refractivity contribution in [2.24, 2.45) is 0 Å². The second kappa shape index (κ2) is 6.81. The number of ether oxygens (including phenoxy) is 1. The Kier molecular flexibility index (Phi) is 4.36. The minimum Gasteiger partial charge on any atom is -0.462 e. The third-order valence-electron chi connectivity index (χ3n) is 5.56. The van der Waals surface area contributed by atoms with E-state index in [4.69, 9.17) is 20.4 Å². The van der Waals surface area contributed by atoms with Crippen LogP contribution in [0.3, 0.4) is 0 Å². The summed E-state index contributed by atoms with van der Waals surface area (Å²) in [5.74, 6) is -0.376. The van der Waals surface area contributed by atoms with E-state index in [0.717, 1.165) is 69.2 Å². The summed E-state index contributed by atoms with van der Waals surface area (Å²) in [5.41, 5.74) is 13.7. The molecule has 0 unspecified atom stereocenters. The number of hydrogen-bond donors (Lipinski definition) is 1. The number of nitrogens with two attached hydrogens (primary N) is 1. The lowest BCUT2D eigenvalue weighted by molar-refractivity contribution is 0.0533. The molecule has 0 amide bonds. The van der Waals surface area contributed by atoms with E-state index >= 15 is 0 Å². The van der Waals surface area contributed by atoms with Crippen LogP contribution in [0.1, 0.15) is 52.1 Å². The molecule has 0 aromatic carbocycles. The first kappa shape index (κ1) is 18.6. The minimum absolute atomic E-state index is 0.319. The fourth-order valence-electron chi connectivity index (χ4n) is 4.31. The van der Waals surface area contributed by atoms with Crippen molar-refractivity contribution in [1.82, 2.24) is 14.4 Å². The van der Waals surface area contributed by atoms with Crippen LogP contribution in [0.25, 0.3) is 26.4 Å². The van der Waals surface area contributed by atoms with Gasteiger partial charge in [-0.05, 0) is 52.0 Å². The molecular formula is C21H22N4O2S2. The van der Waals surface area contributed by atoms with Crippen molar-refractivity contribution in [3.05, 3.63) is 32.9 Å². The van der Waals surface area contributed by atoms with Crippen LogP contribution in [0.4, 0.5) is 5.69 Å². The van der Waals surface area contributed by atoms with Crippen LogP contribution in [0.15, 0.2) is 5.38 Å². The van der Waals surface area contributed by atoms with Crippen molar-refractivity contribution in [2.45, 2.75) is 46.5 Å². The second-order valence-electron chi connectivity index (χ2n) is 7.41. The summed E-state index contributed by atoms with van der Waals surface area (Å²) in [6, 6.07) is 0. The van der Waals surface area contributed by atoms with Gasteiger partial charge in [0.25, 0.3) is 0 Å². The number of esters is 1. The molecule has 4 aromatic rings. The summed E-state index contributed by atoms with van der Waals surface area (Å²) in [5, 5.41) is 2.99. The number of aromatic nitrogens is 3. The Bertz CT molecular complexity index is 1280. The highest BCUT2D eigenvalue weighted by atomic mass is 32.1. The highest BCUT2D eigenvalue weighted by Crippen LogP contribution is 2.45. The number of fused-ring (bicyclic) bond motifs is 3. The topological polar surface area (TPSA) is 82.5 Å². The third-order valence-corrected chi connectivity index (χ3v) is 7.58. The summed E-state index contributed by atoms with van der Waals surface area (Å²) in [6.45, 7) is 6.26. The Morgan fingerprint density at radius 1 is 1.28 bits per heavy atom. The monoisotopic (exact) mass is 426 g/mol. The zero-order chi connectivity index (χ0) is 20.3. The number of anilines is 1. The van der Waals surface area contributed by atoms with E-state index in [1.807, 2.05) is 6.92 Å². The van der Waals surface area contributed by atoms with E-state index in [2.05, 4.69) is 16.7 Å². The minimum atomic E-state index is -0.376. The zero-order valence-corrected chi connectivity index (χ0v) is 18.3. The first-order chi connectivity index (χ1) is 14.0. The molecule has 4 aromatic heterocycles. The number of thiazole rings is 1. The van der Waals surface area contributed by atoms with E-state index in [1.165, 1.54) is 16.9 Å². The molecular weight excluding hydrogens is 404 g/mol. The Labute approximate surface area is 176 Å². The van der Waals surface area contributed by atoms with Gasteiger partial charge in [0.15, 0.2) is 4.96 Å². The predicted octanol–water partition coefficient (Wildman–Crippen LogP) is 4.93. The summed E-state index contributed by atoms with van der Waals surface area (Å²) in [6.07, 6.45) is 4.18. The zero-order valence-electron chi connectivity index (χ0n) is 16.7. The van der Waals surface area contributed by atoms with E-state index in [0.29, 0.717) is 17.2 Å². The first-order valence-electron chi connectivity index (χ1n) is 9.85. The molecule has 6 nitrogen and oxygen atoms in total.